The lowest BCUT2D eigenvalue weighted by atomic mass is 10.0. The molecule has 3 nitrogen and oxygen atoms in total. The third-order valence-electron chi connectivity index (χ3n) is 2.65. The second kappa shape index (κ2) is 5.50. The summed E-state index contributed by atoms with van der Waals surface area (Å²) in [5.41, 5.74) is 0. The van der Waals surface area contributed by atoms with Crippen molar-refractivity contribution in [2.45, 2.75) is 52.0 Å². The van der Waals surface area contributed by atoms with Crippen LogP contribution in [0.2, 0.25) is 0 Å². The summed E-state index contributed by atoms with van der Waals surface area (Å²) >= 11 is 6.21. The van der Waals surface area contributed by atoms with E-state index in [0.717, 1.165) is 18.7 Å². The van der Waals surface area contributed by atoms with Gasteiger partial charge in [-0.25, -0.2) is 9.67 Å². The van der Waals surface area contributed by atoms with Crippen molar-refractivity contribution in [1.29, 1.82) is 0 Å². The molecule has 0 aliphatic carbocycles. The summed E-state index contributed by atoms with van der Waals surface area (Å²) in [6.07, 6.45) is 3.52. The van der Waals surface area contributed by atoms with Crippen LogP contribution in [0.5, 0.6) is 0 Å². The van der Waals surface area contributed by atoms with Crippen LogP contribution >= 0.6 is 11.6 Å². The van der Waals surface area contributed by atoms with Crippen LogP contribution in [-0.4, -0.2) is 20.1 Å². The van der Waals surface area contributed by atoms with E-state index in [0.29, 0.717) is 12.0 Å². The molecule has 2 atom stereocenters. The van der Waals surface area contributed by atoms with E-state index >= 15 is 0 Å². The van der Waals surface area contributed by atoms with Crippen LogP contribution in [0, 0.1) is 5.92 Å². The van der Waals surface area contributed by atoms with Gasteiger partial charge in [-0.2, -0.15) is 5.10 Å². The Kier molecular flexibility index (Phi) is 4.58. The quantitative estimate of drug-likeness (QED) is 0.727. The van der Waals surface area contributed by atoms with Crippen LogP contribution in [0.3, 0.4) is 0 Å². The van der Waals surface area contributed by atoms with Crippen LogP contribution in [0.25, 0.3) is 0 Å². The van der Waals surface area contributed by atoms with E-state index in [-0.39, 0.29) is 5.38 Å². The molecule has 4 heteroatoms. The van der Waals surface area contributed by atoms with Crippen molar-refractivity contribution in [1.82, 2.24) is 14.8 Å². The first-order valence-electron chi connectivity index (χ1n) is 5.58. The van der Waals surface area contributed by atoms with Crippen molar-refractivity contribution in [2.24, 2.45) is 5.92 Å². The van der Waals surface area contributed by atoms with Gasteiger partial charge in [0.25, 0.3) is 0 Å². The average Bonchev–Trinajstić information content (AvgIpc) is 2.64. The van der Waals surface area contributed by atoms with Gasteiger partial charge in [0.05, 0.1) is 0 Å². The number of alkyl halides is 1. The maximum Gasteiger partial charge on any atom is 0.138 e. The molecule has 15 heavy (non-hydrogen) atoms. The lowest BCUT2D eigenvalue weighted by Gasteiger charge is -2.17. The minimum Gasteiger partial charge on any atom is -0.248 e. The first kappa shape index (κ1) is 12.5. The van der Waals surface area contributed by atoms with Gasteiger partial charge >= 0.3 is 0 Å². The summed E-state index contributed by atoms with van der Waals surface area (Å²) < 4.78 is 1.97. The molecule has 2 unspecified atom stereocenters. The number of nitrogens with zero attached hydrogens (tertiary/aromatic N) is 3. The average molecular weight is 230 g/mol. The fraction of sp³-hybridized carbons (Fsp3) is 0.818. The van der Waals surface area contributed by atoms with Crippen LogP contribution in [0.4, 0.5) is 0 Å². The second-order valence-electron chi connectivity index (χ2n) is 4.32. The number of aromatic nitrogens is 3. The van der Waals surface area contributed by atoms with Gasteiger partial charge in [-0.15, -0.1) is 11.6 Å². The molecule has 1 aromatic rings. The molecule has 0 aromatic carbocycles. The van der Waals surface area contributed by atoms with Crippen molar-refractivity contribution in [2.75, 3.05) is 0 Å². The van der Waals surface area contributed by atoms with Gasteiger partial charge in [0.15, 0.2) is 0 Å². The minimum atomic E-state index is 0.224. The highest BCUT2D eigenvalue weighted by Gasteiger charge is 2.17. The molecular formula is C11H20ClN3. The van der Waals surface area contributed by atoms with Gasteiger partial charge in [0.1, 0.15) is 12.2 Å². The number of hydrogen-bond donors (Lipinski definition) is 0. The maximum absolute atomic E-state index is 6.21. The molecular weight excluding hydrogens is 210 g/mol. The summed E-state index contributed by atoms with van der Waals surface area (Å²) in [4.78, 5) is 4.29. The van der Waals surface area contributed by atoms with Gasteiger partial charge in [-0.3, -0.25) is 0 Å². The van der Waals surface area contributed by atoms with Crippen LogP contribution in [-0.2, 0) is 6.42 Å². The predicted molar refractivity (Wildman–Crippen MR) is 63.2 cm³/mol. The Morgan fingerprint density at radius 3 is 2.60 bits per heavy atom. The highest BCUT2D eigenvalue weighted by atomic mass is 35.5. The standard InChI is InChI=1S/C11H20ClN3/c1-5-10(12)9(4)6-11-13-7-14-15(11)8(2)3/h7-10H,5-6H2,1-4H3. The van der Waals surface area contributed by atoms with Crippen molar-refractivity contribution in [3.05, 3.63) is 12.2 Å². The number of rotatable bonds is 5. The summed E-state index contributed by atoms with van der Waals surface area (Å²) in [5.74, 6) is 1.48. The molecule has 0 bridgehead atoms. The molecule has 1 heterocycles. The van der Waals surface area contributed by atoms with Crippen molar-refractivity contribution >= 4 is 11.6 Å². The number of hydrogen-bond acceptors (Lipinski definition) is 2. The molecule has 0 spiro atoms. The number of halogens is 1. The van der Waals surface area contributed by atoms with E-state index in [1.54, 1.807) is 6.33 Å². The third-order valence-corrected chi connectivity index (χ3v) is 3.39. The zero-order chi connectivity index (χ0) is 11.4. The van der Waals surface area contributed by atoms with Crippen molar-refractivity contribution in [3.63, 3.8) is 0 Å². The Labute approximate surface area is 96.8 Å². The van der Waals surface area contributed by atoms with E-state index in [9.17, 15) is 0 Å². The lowest BCUT2D eigenvalue weighted by molar-refractivity contribution is 0.457. The summed E-state index contributed by atoms with van der Waals surface area (Å²) in [5, 5.41) is 4.44. The maximum atomic E-state index is 6.21. The Morgan fingerprint density at radius 1 is 1.40 bits per heavy atom. The van der Waals surface area contributed by atoms with Gasteiger partial charge in [0.2, 0.25) is 0 Å². The molecule has 0 saturated carbocycles. The van der Waals surface area contributed by atoms with Crippen LogP contribution in [0.15, 0.2) is 6.33 Å². The fourth-order valence-electron chi connectivity index (χ4n) is 1.67. The molecule has 0 amide bonds. The van der Waals surface area contributed by atoms with Gasteiger partial charge in [-0.1, -0.05) is 13.8 Å². The summed E-state index contributed by atoms with van der Waals surface area (Å²) in [6.45, 7) is 8.50. The third kappa shape index (κ3) is 3.20. The van der Waals surface area contributed by atoms with E-state index in [1.807, 2.05) is 4.68 Å². The molecule has 1 rings (SSSR count). The molecule has 0 aliphatic rings. The monoisotopic (exact) mass is 229 g/mol. The molecule has 0 aliphatic heterocycles. The van der Waals surface area contributed by atoms with Gasteiger partial charge in [0, 0.05) is 17.8 Å². The van der Waals surface area contributed by atoms with Crippen LogP contribution < -0.4 is 0 Å². The minimum absolute atomic E-state index is 0.224. The van der Waals surface area contributed by atoms with Crippen molar-refractivity contribution in [3.8, 4) is 0 Å². The van der Waals surface area contributed by atoms with Crippen molar-refractivity contribution < 1.29 is 0 Å². The van der Waals surface area contributed by atoms with E-state index in [4.69, 9.17) is 11.6 Å². The first-order valence-corrected chi connectivity index (χ1v) is 6.02. The first-order chi connectivity index (χ1) is 7.06. The van der Waals surface area contributed by atoms with E-state index < -0.39 is 0 Å². The Balaban J connectivity index is 2.67. The largest absolute Gasteiger partial charge is 0.248 e. The summed E-state index contributed by atoms with van der Waals surface area (Å²) in [7, 11) is 0. The predicted octanol–water partition coefficient (Wildman–Crippen LogP) is 3.06. The highest BCUT2D eigenvalue weighted by molar-refractivity contribution is 6.20. The summed E-state index contributed by atoms with van der Waals surface area (Å²) in [6, 6.07) is 0.366. The molecule has 0 radical (unpaired) electrons. The van der Waals surface area contributed by atoms with E-state index in [2.05, 4.69) is 37.8 Å². The molecule has 1 aromatic heterocycles. The smallest absolute Gasteiger partial charge is 0.138 e. The molecule has 0 saturated heterocycles. The van der Waals surface area contributed by atoms with E-state index in [1.165, 1.54) is 0 Å². The van der Waals surface area contributed by atoms with Gasteiger partial charge in [-0.05, 0) is 26.2 Å². The SMILES string of the molecule is CCC(Cl)C(C)Cc1ncnn1C(C)C. The molecule has 0 N–H and O–H groups in total. The Bertz CT molecular complexity index is 296. The Morgan fingerprint density at radius 2 is 2.07 bits per heavy atom. The lowest BCUT2D eigenvalue weighted by Crippen LogP contribution is -2.17. The zero-order valence-electron chi connectivity index (χ0n) is 9.94. The second-order valence-corrected chi connectivity index (χ2v) is 4.88. The fourth-order valence-corrected chi connectivity index (χ4v) is 1.76. The molecule has 86 valence electrons. The normalized spacial score (nSPS) is 15.6. The molecule has 0 fully saturated rings. The Hall–Kier alpha value is -0.570. The highest BCUT2D eigenvalue weighted by Crippen LogP contribution is 2.19. The van der Waals surface area contributed by atoms with Crippen LogP contribution in [0.1, 0.15) is 46.0 Å². The topological polar surface area (TPSA) is 30.7 Å². The zero-order valence-corrected chi connectivity index (χ0v) is 10.7. The van der Waals surface area contributed by atoms with Gasteiger partial charge < -0.3 is 0 Å².